The highest BCUT2D eigenvalue weighted by Gasteiger charge is 2.53. The summed E-state index contributed by atoms with van der Waals surface area (Å²) in [6.07, 6.45) is 0.139. The number of ether oxygens (including phenoxy) is 1. The largest absolute Gasteiger partial charge is 0.451 e. The third-order valence-corrected chi connectivity index (χ3v) is 6.36. The van der Waals surface area contributed by atoms with Crippen LogP contribution in [0.1, 0.15) is 33.6 Å². The van der Waals surface area contributed by atoms with E-state index >= 15 is 0 Å². The van der Waals surface area contributed by atoms with Gasteiger partial charge in [-0.2, -0.15) is 0 Å². The van der Waals surface area contributed by atoms with Gasteiger partial charge in [0.15, 0.2) is 6.10 Å². The predicted molar refractivity (Wildman–Crippen MR) is 106 cm³/mol. The summed E-state index contributed by atoms with van der Waals surface area (Å²) in [5, 5.41) is 5.30. The van der Waals surface area contributed by atoms with Crippen LogP contribution in [0.15, 0.2) is 24.3 Å². The number of carbonyl (C=O) groups is 4. The summed E-state index contributed by atoms with van der Waals surface area (Å²) in [5.41, 5.74) is 1.13. The predicted octanol–water partition coefficient (Wildman–Crippen LogP) is 1.97. The van der Waals surface area contributed by atoms with E-state index in [-0.39, 0.29) is 16.7 Å². The molecule has 0 bridgehead atoms. The van der Waals surface area contributed by atoms with Gasteiger partial charge in [-0.1, -0.05) is 0 Å². The summed E-state index contributed by atoms with van der Waals surface area (Å²) in [6.45, 7) is 4.86. The van der Waals surface area contributed by atoms with Gasteiger partial charge in [-0.15, -0.1) is 11.8 Å². The molecule has 0 aromatic heterocycles. The Kier molecular flexibility index (Phi) is 5.64. The Balaban J connectivity index is 1.56. The van der Waals surface area contributed by atoms with Gasteiger partial charge in [0.2, 0.25) is 11.8 Å². The fourth-order valence-electron chi connectivity index (χ4n) is 3.39. The van der Waals surface area contributed by atoms with Crippen molar-refractivity contribution in [2.24, 2.45) is 0 Å². The first kappa shape index (κ1) is 20.2. The first-order valence-electron chi connectivity index (χ1n) is 9.05. The van der Waals surface area contributed by atoms with E-state index in [2.05, 4.69) is 10.6 Å². The Labute approximate surface area is 167 Å². The minimum atomic E-state index is -1.00. The Morgan fingerprint density at radius 3 is 2.43 bits per heavy atom. The van der Waals surface area contributed by atoms with Gasteiger partial charge in [-0.25, -0.2) is 4.79 Å². The van der Waals surface area contributed by atoms with E-state index < -0.39 is 24.0 Å². The second-order valence-electron chi connectivity index (χ2n) is 7.09. The highest BCUT2D eigenvalue weighted by Crippen LogP contribution is 2.47. The van der Waals surface area contributed by atoms with Crippen LogP contribution in [-0.4, -0.2) is 51.4 Å². The van der Waals surface area contributed by atoms with Crippen LogP contribution in [0.4, 0.5) is 11.4 Å². The van der Waals surface area contributed by atoms with Crippen molar-refractivity contribution < 1.29 is 23.9 Å². The molecular weight excluding hydrogens is 382 g/mol. The Morgan fingerprint density at radius 1 is 1.21 bits per heavy atom. The van der Waals surface area contributed by atoms with E-state index in [4.69, 9.17) is 4.74 Å². The van der Waals surface area contributed by atoms with Gasteiger partial charge in [0.1, 0.15) is 6.04 Å². The highest BCUT2D eigenvalue weighted by atomic mass is 32.2. The number of esters is 1. The quantitative estimate of drug-likeness (QED) is 0.726. The lowest BCUT2D eigenvalue weighted by atomic mass is 10.2. The van der Waals surface area contributed by atoms with Crippen molar-refractivity contribution in [1.29, 1.82) is 0 Å². The smallest absolute Gasteiger partial charge is 0.330 e. The van der Waals surface area contributed by atoms with Crippen molar-refractivity contribution in [3.8, 4) is 0 Å². The van der Waals surface area contributed by atoms with Crippen LogP contribution in [0.25, 0.3) is 0 Å². The molecule has 9 heteroatoms. The molecule has 0 spiro atoms. The molecule has 3 atom stereocenters. The molecule has 8 nitrogen and oxygen atoms in total. The molecule has 2 aliphatic rings. The number of nitrogens with zero attached hydrogens (tertiary/aromatic N) is 1. The monoisotopic (exact) mass is 405 g/mol. The van der Waals surface area contributed by atoms with Crippen molar-refractivity contribution in [3.05, 3.63) is 24.3 Å². The zero-order chi connectivity index (χ0) is 20.5. The number of thioether (sulfide) groups is 1. The topological polar surface area (TPSA) is 105 Å². The van der Waals surface area contributed by atoms with E-state index in [1.807, 2.05) is 6.92 Å². The molecule has 3 unspecified atom stereocenters. The average molecular weight is 405 g/mol. The van der Waals surface area contributed by atoms with Crippen LogP contribution < -0.4 is 10.6 Å². The standard InChI is InChI=1S/C19H23N3O5S/c1-11(17(25)21-14-6-4-13(5-7-14)20-12(2)23)27-18(26)15-10-28-19(3)9-8-16(24)22(15)19/h4-7,11,15H,8-10H2,1-3H3,(H,20,23)(H,21,25). The lowest BCUT2D eigenvalue weighted by Crippen LogP contribution is -2.48. The van der Waals surface area contributed by atoms with Crippen molar-refractivity contribution in [1.82, 2.24) is 4.90 Å². The van der Waals surface area contributed by atoms with Gasteiger partial charge in [0, 0.05) is 30.5 Å². The van der Waals surface area contributed by atoms with E-state index in [0.717, 1.165) is 0 Å². The van der Waals surface area contributed by atoms with Gasteiger partial charge in [0.05, 0.1) is 4.87 Å². The van der Waals surface area contributed by atoms with Gasteiger partial charge in [0.25, 0.3) is 5.91 Å². The van der Waals surface area contributed by atoms with Crippen LogP contribution in [0.3, 0.4) is 0 Å². The number of hydrogen-bond acceptors (Lipinski definition) is 6. The first-order valence-corrected chi connectivity index (χ1v) is 10.0. The molecule has 0 aliphatic carbocycles. The third kappa shape index (κ3) is 4.14. The molecule has 0 radical (unpaired) electrons. The van der Waals surface area contributed by atoms with E-state index in [1.165, 1.54) is 13.8 Å². The van der Waals surface area contributed by atoms with Gasteiger partial charge >= 0.3 is 5.97 Å². The minimum Gasteiger partial charge on any atom is -0.451 e. The number of amides is 3. The van der Waals surface area contributed by atoms with Gasteiger partial charge in [-0.05, 0) is 44.5 Å². The molecule has 2 N–H and O–H groups in total. The molecule has 28 heavy (non-hydrogen) atoms. The number of carbonyl (C=O) groups excluding carboxylic acids is 4. The van der Waals surface area contributed by atoms with Gasteiger partial charge in [-0.3, -0.25) is 14.4 Å². The SMILES string of the molecule is CC(=O)Nc1ccc(NC(=O)C(C)OC(=O)C2CSC3(C)CCC(=O)N23)cc1. The Morgan fingerprint density at radius 2 is 1.82 bits per heavy atom. The maximum atomic E-state index is 12.5. The number of anilines is 2. The normalized spacial score (nSPS) is 24.5. The lowest BCUT2D eigenvalue weighted by Gasteiger charge is -2.29. The average Bonchev–Trinajstić information content (AvgIpc) is 3.12. The lowest BCUT2D eigenvalue weighted by molar-refractivity contribution is -0.160. The number of fused-ring (bicyclic) bond motifs is 1. The number of hydrogen-bond donors (Lipinski definition) is 2. The molecule has 1 aromatic rings. The zero-order valence-electron chi connectivity index (χ0n) is 16.0. The van der Waals surface area contributed by atoms with E-state index in [0.29, 0.717) is 30.0 Å². The van der Waals surface area contributed by atoms with Crippen molar-refractivity contribution in [3.63, 3.8) is 0 Å². The molecule has 3 rings (SSSR count). The fraction of sp³-hybridized carbons (Fsp3) is 0.474. The highest BCUT2D eigenvalue weighted by molar-refractivity contribution is 8.01. The van der Waals surface area contributed by atoms with Crippen LogP contribution in [-0.2, 0) is 23.9 Å². The second kappa shape index (κ2) is 7.83. The summed E-state index contributed by atoms with van der Waals surface area (Å²) in [6, 6.07) is 5.93. The molecule has 150 valence electrons. The first-order chi connectivity index (χ1) is 13.2. The van der Waals surface area contributed by atoms with Crippen molar-refractivity contribution in [2.45, 2.75) is 50.6 Å². The summed E-state index contributed by atoms with van der Waals surface area (Å²) < 4.78 is 5.33. The van der Waals surface area contributed by atoms with Gasteiger partial charge < -0.3 is 20.3 Å². The maximum absolute atomic E-state index is 12.5. The summed E-state index contributed by atoms with van der Waals surface area (Å²) in [7, 11) is 0. The molecule has 3 amide bonds. The molecule has 0 saturated carbocycles. The van der Waals surface area contributed by atoms with Crippen molar-refractivity contribution in [2.75, 3.05) is 16.4 Å². The molecular formula is C19H23N3O5S. The number of rotatable bonds is 5. The number of benzene rings is 1. The summed E-state index contributed by atoms with van der Waals surface area (Å²) in [5.74, 6) is -0.794. The fourth-order valence-corrected chi connectivity index (χ4v) is 4.80. The Hall–Kier alpha value is -2.55. The van der Waals surface area contributed by atoms with Crippen LogP contribution >= 0.6 is 11.8 Å². The minimum absolute atomic E-state index is 0.0502. The molecule has 2 fully saturated rings. The van der Waals surface area contributed by atoms with Crippen molar-refractivity contribution >= 4 is 46.8 Å². The number of nitrogens with one attached hydrogen (secondary N) is 2. The summed E-state index contributed by atoms with van der Waals surface area (Å²) in [4.78, 5) is 49.3. The second-order valence-corrected chi connectivity index (χ2v) is 8.59. The maximum Gasteiger partial charge on any atom is 0.330 e. The molecule has 2 heterocycles. The van der Waals surface area contributed by atoms with Crippen LogP contribution in [0.5, 0.6) is 0 Å². The van der Waals surface area contributed by atoms with Crippen LogP contribution in [0.2, 0.25) is 0 Å². The van der Waals surface area contributed by atoms with Crippen LogP contribution in [0, 0.1) is 0 Å². The van der Waals surface area contributed by atoms with E-state index in [1.54, 1.807) is 40.9 Å². The summed E-state index contributed by atoms with van der Waals surface area (Å²) >= 11 is 1.57. The third-order valence-electron chi connectivity index (χ3n) is 4.85. The molecule has 2 saturated heterocycles. The van der Waals surface area contributed by atoms with E-state index in [9.17, 15) is 19.2 Å². The Bertz CT molecular complexity index is 812. The molecule has 2 aliphatic heterocycles. The molecule has 1 aromatic carbocycles. The zero-order valence-corrected chi connectivity index (χ0v) is 16.8.